The third-order valence-corrected chi connectivity index (χ3v) is 3.36. The standard InChI is InChI=1S/C13H12N4OS/c1-9-15-11(8-19-9)7-14-13-16-12(18-17-13)10-5-3-2-4-6-10/h2-6,8H,7H2,1H3,(H,14,17). The van der Waals surface area contributed by atoms with Gasteiger partial charge in [0.05, 0.1) is 17.2 Å². The molecule has 3 rings (SSSR count). The van der Waals surface area contributed by atoms with Gasteiger partial charge in [0.25, 0.3) is 11.8 Å². The van der Waals surface area contributed by atoms with Crippen LogP contribution >= 0.6 is 11.3 Å². The molecule has 0 saturated carbocycles. The second-order valence-corrected chi connectivity index (χ2v) is 5.06. The van der Waals surface area contributed by atoms with Crippen molar-refractivity contribution in [3.05, 3.63) is 46.4 Å². The van der Waals surface area contributed by atoms with Crippen LogP contribution in [0.5, 0.6) is 0 Å². The predicted molar refractivity (Wildman–Crippen MR) is 73.9 cm³/mol. The van der Waals surface area contributed by atoms with Crippen LogP contribution < -0.4 is 5.32 Å². The van der Waals surface area contributed by atoms with Crippen molar-refractivity contribution in [3.63, 3.8) is 0 Å². The molecule has 0 aliphatic rings. The number of hydrogen-bond donors (Lipinski definition) is 1. The molecule has 96 valence electrons. The SMILES string of the molecule is Cc1nc(CNc2noc(-c3ccccc3)n2)cs1. The molecule has 1 N–H and O–H groups in total. The Labute approximate surface area is 114 Å². The molecule has 0 spiro atoms. The first kappa shape index (κ1) is 11.9. The average Bonchev–Trinajstić information content (AvgIpc) is 3.06. The maximum atomic E-state index is 5.20. The van der Waals surface area contributed by atoms with Crippen molar-refractivity contribution in [1.29, 1.82) is 0 Å². The third-order valence-electron chi connectivity index (χ3n) is 2.54. The van der Waals surface area contributed by atoms with E-state index >= 15 is 0 Å². The quantitative estimate of drug-likeness (QED) is 0.790. The molecule has 0 fully saturated rings. The van der Waals surface area contributed by atoms with Crippen molar-refractivity contribution in [3.8, 4) is 11.5 Å². The molecule has 5 nitrogen and oxygen atoms in total. The molecule has 0 saturated heterocycles. The van der Waals surface area contributed by atoms with Crippen LogP contribution in [0.4, 0.5) is 5.95 Å². The molecular weight excluding hydrogens is 260 g/mol. The minimum absolute atomic E-state index is 0.476. The van der Waals surface area contributed by atoms with Crippen molar-refractivity contribution >= 4 is 17.3 Å². The molecule has 0 amide bonds. The van der Waals surface area contributed by atoms with Crippen LogP contribution in [0, 0.1) is 6.92 Å². The first-order chi connectivity index (χ1) is 9.31. The lowest BCUT2D eigenvalue weighted by molar-refractivity contribution is 0.432. The first-order valence-corrected chi connectivity index (χ1v) is 6.73. The summed E-state index contributed by atoms with van der Waals surface area (Å²) in [6, 6.07) is 9.68. The molecule has 2 heterocycles. The second kappa shape index (κ2) is 5.19. The van der Waals surface area contributed by atoms with Gasteiger partial charge in [-0.05, 0) is 24.2 Å². The van der Waals surface area contributed by atoms with Gasteiger partial charge in [-0.3, -0.25) is 0 Å². The normalized spacial score (nSPS) is 10.6. The predicted octanol–water partition coefficient (Wildman–Crippen LogP) is 3.11. The fourth-order valence-corrected chi connectivity index (χ4v) is 2.26. The van der Waals surface area contributed by atoms with Crippen molar-refractivity contribution in [1.82, 2.24) is 15.1 Å². The smallest absolute Gasteiger partial charge is 0.264 e. The van der Waals surface area contributed by atoms with E-state index in [2.05, 4.69) is 20.4 Å². The van der Waals surface area contributed by atoms with E-state index in [1.54, 1.807) is 11.3 Å². The van der Waals surface area contributed by atoms with E-state index in [1.807, 2.05) is 42.6 Å². The topological polar surface area (TPSA) is 63.8 Å². The zero-order chi connectivity index (χ0) is 13.1. The Bertz CT molecular complexity index is 662. The van der Waals surface area contributed by atoms with Crippen LogP contribution in [0.2, 0.25) is 0 Å². The van der Waals surface area contributed by atoms with Gasteiger partial charge in [0.1, 0.15) is 0 Å². The Morgan fingerprint density at radius 3 is 2.79 bits per heavy atom. The molecule has 3 aromatic rings. The van der Waals surface area contributed by atoms with E-state index in [0.29, 0.717) is 18.4 Å². The second-order valence-electron chi connectivity index (χ2n) is 4.00. The summed E-state index contributed by atoms with van der Waals surface area (Å²) in [5.74, 6) is 0.988. The molecule has 19 heavy (non-hydrogen) atoms. The number of nitrogens with zero attached hydrogens (tertiary/aromatic N) is 3. The average molecular weight is 272 g/mol. The van der Waals surface area contributed by atoms with Gasteiger partial charge in [0, 0.05) is 10.9 Å². The Balaban J connectivity index is 1.68. The highest BCUT2D eigenvalue weighted by Crippen LogP contribution is 2.18. The van der Waals surface area contributed by atoms with Crippen LogP contribution in [0.25, 0.3) is 11.5 Å². The number of nitrogens with one attached hydrogen (secondary N) is 1. The lowest BCUT2D eigenvalue weighted by Crippen LogP contribution is -2.01. The molecule has 0 atom stereocenters. The first-order valence-electron chi connectivity index (χ1n) is 5.85. The van der Waals surface area contributed by atoms with Gasteiger partial charge in [0.2, 0.25) is 0 Å². The molecule has 0 bridgehead atoms. The third kappa shape index (κ3) is 2.79. The van der Waals surface area contributed by atoms with E-state index in [4.69, 9.17) is 4.52 Å². The Kier molecular flexibility index (Phi) is 3.24. The highest BCUT2D eigenvalue weighted by Gasteiger charge is 2.08. The molecule has 6 heteroatoms. The van der Waals surface area contributed by atoms with E-state index in [0.717, 1.165) is 16.3 Å². The Morgan fingerprint density at radius 1 is 1.21 bits per heavy atom. The highest BCUT2D eigenvalue weighted by molar-refractivity contribution is 7.09. The zero-order valence-electron chi connectivity index (χ0n) is 10.3. The van der Waals surface area contributed by atoms with Crippen molar-refractivity contribution < 1.29 is 4.52 Å². The summed E-state index contributed by atoms with van der Waals surface area (Å²) in [7, 11) is 0. The molecule has 1 aromatic carbocycles. The van der Waals surface area contributed by atoms with Crippen LogP contribution in [0.15, 0.2) is 40.2 Å². The van der Waals surface area contributed by atoms with Gasteiger partial charge in [0.15, 0.2) is 0 Å². The molecular formula is C13H12N4OS. The van der Waals surface area contributed by atoms with Gasteiger partial charge >= 0.3 is 0 Å². The zero-order valence-corrected chi connectivity index (χ0v) is 11.1. The minimum atomic E-state index is 0.476. The number of aryl methyl sites for hydroxylation is 1. The van der Waals surface area contributed by atoms with Gasteiger partial charge in [-0.15, -0.1) is 11.3 Å². The molecule has 0 aliphatic carbocycles. The molecule has 2 aromatic heterocycles. The minimum Gasteiger partial charge on any atom is -0.346 e. The van der Waals surface area contributed by atoms with Crippen LogP contribution in [-0.2, 0) is 6.54 Å². The number of aromatic nitrogens is 3. The molecule has 0 aliphatic heterocycles. The van der Waals surface area contributed by atoms with Gasteiger partial charge < -0.3 is 9.84 Å². The highest BCUT2D eigenvalue weighted by atomic mass is 32.1. The van der Waals surface area contributed by atoms with Crippen LogP contribution in [-0.4, -0.2) is 15.1 Å². The lowest BCUT2D eigenvalue weighted by Gasteiger charge is -1.96. The van der Waals surface area contributed by atoms with E-state index < -0.39 is 0 Å². The number of benzene rings is 1. The fourth-order valence-electron chi connectivity index (χ4n) is 1.65. The van der Waals surface area contributed by atoms with Gasteiger partial charge in [-0.1, -0.05) is 18.2 Å². The summed E-state index contributed by atoms with van der Waals surface area (Å²) in [6.07, 6.45) is 0. The number of rotatable bonds is 4. The summed E-state index contributed by atoms with van der Waals surface area (Å²) >= 11 is 1.63. The van der Waals surface area contributed by atoms with Crippen LogP contribution in [0.1, 0.15) is 10.7 Å². The summed E-state index contributed by atoms with van der Waals surface area (Å²) in [5, 5.41) is 10.1. The molecule has 0 unspecified atom stereocenters. The summed E-state index contributed by atoms with van der Waals surface area (Å²) in [6.45, 7) is 2.58. The number of hydrogen-bond acceptors (Lipinski definition) is 6. The summed E-state index contributed by atoms with van der Waals surface area (Å²) in [4.78, 5) is 8.65. The van der Waals surface area contributed by atoms with Crippen molar-refractivity contribution in [2.45, 2.75) is 13.5 Å². The molecule has 0 radical (unpaired) electrons. The van der Waals surface area contributed by atoms with Gasteiger partial charge in [-0.25, -0.2) is 4.98 Å². The largest absolute Gasteiger partial charge is 0.346 e. The van der Waals surface area contributed by atoms with Crippen LogP contribution in [0.3, 0.4) is 0 Å². The number of anilines is 1. The number of thiazole rings is 1. The van der Waals surface area contributed by atoms with E-state index in [1.165, 1.54) is 0 Å². The maximum absolute atomic E-state index is 5.20. The Morgan fingerprint density at radius 2 is 2.05 bits per heavy atom. The van der Waals surface area contributed by atoms with Gasteiger partial charge in [-0.2, -0.15) is 4.98 Å². The monoisotopic (exact) mass is 272 g/mol. The maximum Gasteiger partial charge on any atom is 0.264 e. The fraction of sp³-hybridized carbons (Fsp3) is 0.154. The van der Waals surface area contributed by atoms with E-state index in [9.17, 15) is 0 Å². The lowest BCUT2D eigenvalue weighted by atomic mass is 10.2. The van der Waals surface area contributed by atoms with E-state index in [-0.39, 0.29) is 0 Å². The summed E-state index contributed by atoms with van der Waals surface area (Å²) < 4.78 is 5.20. The Hall–Kier alpha value is -2.21. The summed E-state index contributed by atoms with van der Waals surface area (Å²) in [5.41, 5.74) is 1.89. The van der Waals surface area contributed by atoms with Crippen molar-refractivity contribution in [2.75, 3.05) is 5.32 Å². The van der Waals surface area contributed by atoms with Crippen molar-refractivity contribution in [2.24, 2.45) is 0 Å².